The molecule has 0 radical (unpaired) electrons. The molecular weight excluding hydrogens is 452 g/mol. The van der Waals surface area contributed by atoms with Crippen molar-refractivity contribution in [3.8, 4) is 11.4 Å². The number of allylic oxidation sites excluding steroid dienone is 1. The van der Waals surface area contributed by atoms with E-state index in [2.05, 4.69) is 15.5 Å². The molecule has 0 saturated carbocycles. The van der Waals surface area contributed by atoms with Crippen LogP contribution in [-0.4, -0.2) is 25.8 Å². The Balaban J connectivity index is 1.71. The van der Waals surface area contributed by atoms with Crippen molar-refractivity contribution in [2.75, 3.05) is 5.32 Å². The van der Waals surface area contributed by atoms with Crippen LogP contribution in [0.4, 0.5) is 23.2 Å². The van der Waals surface area contributed by atoms with Gasteiger partial charge in [-0.1, -0.05) is 6.07 Å². The van der Waals surface area contributed by atoms with Crippen molar-refractivity contribution in [2.24, 2.45) is 0 Å². The normalized spacial score (nSPS) is 11.9. The molecular formula is C23H16F4N6O. The maximum atomic E-state index is 14.9. The van der Waals surface area contributed by atoms with E-state index in [-0.39, 0.29) is 22.8 Å². The van der Waals surface area contributed by atoms with Crippen molar-refractivity contribution >= 4 is 17.6 Å². The summed E-state index contributed by atoms with van der Waals surface area (Å²) in [6.07, 6.45) is 1.94. The largest absolute Gasteiger partial charge is 0.416 e. The average Bonchev–Trinajstić information content (AvgIpc) is 3.34. The first-order chi connectivity index (χ1) is 16.3. The molecule has 0 atom stereocenters. The van der Waals surface area contributed by atoms with Gasteiger partial charge in [-0.3, -0.25) is 4.79 Å². The lowest BCUT2D eigenvalue weighted by Crippen LogP contribution is -2.19. The Labute approximate surface area is 190 Å². The summed E-state index contributed by atoms with van der Waals surface area (Å²) in [4.78, 5) is 12.5. The molecule has 2 N–H and O–H groups in total. The molecule has 11 heteroatoms. The first-order valence-electron chi connectivity index (χ1n) is 9.81. The number of halogens is 4. The Hall–Kier alpha value is -4.54. The van der Waals surface area contributed by atoms with E-state index in [0.717, 1.165) is 29.1 Å². The smallest absolute Gasteiger partial charge is 0.354 e. The molecule has 0 bridgehead atoms. The number of nitrogens with zero attached hydrogens (tertiary/aromatic N) is 4. The number of aromatic nitrogens is 4. The van der Waals surface area contributed by atoms with Crippen molar-refractivity contribution in [3.05, 3.63) is 107 Å². The topological polar surface area (TPSA) is 88.6 Å². The Kier molecular flexibility index (Phi) is 6.09. The summed E-state index contributed by atoms with van der Waals surface area (Å²) in [6, 6.07) is 11.5. The molecule has 0 amide bonds. The lowest BCUT2D eigenvalue weighted by molar-refractivity contribution is -0.137. The minimum absolute atomic E-state index is 0.0257. The average molecular weight is 468 g/mol. The highest BCUT2D eigenvalue weighted by Crippen LogP contribution is 2.31. The lowest BCUT2D eigenvalue weighted by Gasteiger charge is -2.14. The molecule has 0 saturated heterocycles. The van der Waals surface area contributed by atoms with Crippen LogP contribution in [0.5, 0.6) is 0 Å². The van der Waals surface area contributed by atoms with Crippen LogP contribution in [0, 0.1) is 11.2 Å². The highest BCUT2D eigenvalue weighted by Gasteiger charge is 2.30. The number of rotatable bonds is 6. The molecule has 4 rings (SSSR count). The summed E-state index contributed by atoms with van der Waals surface area (Å²) in [5, 5.41) is 18.3. The summed E-state index contributed by atoms with van der Waals surface area (Å²) in [5.41, 5.74) is -1.15. The van der Waals surface area contributed by atoms with Crippen molar-refractivity contribution in [1.82, 2.24) is 19.6 Å². The van der Waals surface area contributed by atoms with E-state index >= 15 is 0 Å². The minimum Gasteiger partial charge on any atom is -0.354 e. The van der Waals surface area contributed by atoms with Gasteiger partial charge in [0.1, 0.15) is 5.69 Å². The second-order valence-electron chi connectivity index (χ2n) is 7.01. The van der Waals surface area contributed by atoms with E-state index < -0.39 is 23.0 Å². The Morgan fingerprint density at radius 2 is 1.85 bits per heavy atom. The van der Waals surface area contributed by atoms with Crippen LogP contribution in [-0.2, 0) is 6.18 Å². The Bertz CT molecular complexity index is 1420. The SMILES string of the molecule is N=C/C=C(\Nc1cccc(C(F)(F)F)c1)c1nn(-c2ccc(-n3cccn3)cc2F)ccc1=O. The van der Waals surface area contributed by atoms with E-state index in [1.807, 2.05) is 0 Å². The standard InChI is InChI=1S/C23H16F4N6O/c24-18-14-17(32-11-2-10-29-32)5-6-20(18)33-12-8-21(34)22(31-33)19(7-9-28)30-16-4-1-3-15(13-16)23(25,26)27/h1-14,28,30H/b19-7-,28-9?. The molecule has 172 valence electrons. The van der Waals surface area contributed by atoms with E-state index in [1.165, 1.54) is 41.2 Å². The monoisotopic (exact) mass is 468 g/mol. The molecule has 0 unspecified atom stereocenters. The van der Waals surface area contributed by atoms with Crippen molar-refractivity contribution < 1.29 is 17.6 Å². The van der Waals surface area contributed by atoms with E-state index in [9.17, 15) is 22.4 Å². The number of hydrogen-bond donors (Lipinski definition) is 2. The molecule has 2 aromatic heterocycles. The molecule has 0 aliphatic carbocycles. The molecule has 4 aromatic rings. The maximum Gasteiger partial charge on any atom is 0.416 e. The van der Waals surface area contributed by atoms with Crippen LogP contribution in [0.1, 0.15) is 11.3 Å². The predicted molar refractivity (Wildman–Crippen MR) is 119 cm³/mol. The molecule has 0 fully saturated rings. The van der Waals surface area contributed by atoms with E-state index in [4.69, 9.17) is 5.41 Å². The van der Waals surface area contributed by atoms with Crippen LogP contribution < -0.4 is 10.7 Å². The summed E-state index contributed by atoms with van der Waals surface area (Å²) in [7, 11) is 0. The third-order valence-electron chi connectivity index (χ3n) is 4.73. The summed E-state index contributed by atoms with van der Waals surface area (Å²) in [5.74, 6) is -0.640. The molecule has 2 heterocycles. The van der Waals surface area contributed by atoms with Crippen molar-refractivity contribution in [1.29, 1.82) is 5.41 Å². The second kappa shape index (κ2) is 9.14. The van der Waals surface area contributed by atoms with Gasteiger partial charge >= 0.3 is 6.18 Å². The first-order valence-corrected chi connectivity index (χ1v) is 9.81. The van der Waals surface area contributed by atoms with Gasteiger partial charge in [-0.25, -0.2) is 13.8 Å². The van der Waals surface area contributed by atoms with Gasteiger partial charge in [0.2, 0.25) is 5.43 Å². The van der Waals surface area contributed by atoms with Gasteiger partial charge in [-0.05, 0) is 42.5 Å². The lowest BCUT2D eigenvalue weighted by atomic mass is 10.1. The van der Waals surface area contributed by atoms with Gasteiger partial charge in [0.15, 0.2) is 11.5 Å². The zero-order valence-electron chi connectivity index (χ0n) is 17.3. The second-order valence-corrected chi connectivity index (χ2v) is 7.01. The number of benzene rings is 2. The van der Waals surface area contributed by atoms with Crippen LogP contribution in [0.3, 0.4) is 0 Å². The van der Waals surface area contributed by atoms with Crippen LogP contribution >= 0.6 is 0 Å². The Morgan fingerprint density at radius 3 is 2.53 bits per heavy atom. The van der Waals surface area contributed by atoms with E-state index in [1.54, 1.807) is 24.5 Å². The summed E-state index contributed by atoms with van der Waals surface area (Å²) in [6.45, 7) is 0. The maximum absolute atomic E-state index is 14.9. The van der Waals surface area contributed by atoms with Gasteiger partial charge in [-0.2, -0.15) is 23.4 Å². The van der Waals surface area contributed by atoms with E-state index in [0.29, 0.717) is 5.69 Å². The molecule has 0 aliphatic heterocycles. The van der Waals surface area contributed by atoms with Crippen molar-refractivity contribution in [3.63, 3.8) is 0 Å². The molecule has 0 spiro atoms. The van der Waals surface area contributed by atoms with Gasteiger partial charge in [-0.15, -0.1) is 0 Å². The van der Waals surface area contributed by atoms with Crippen LogP contribution in [0.25, 0.3) is 17.1 Å². The zero-order valence-corrected chi connectivity index (χ0v) is 17.3. The van der Waals surface area contributed by atoms with Crippen molar-refractivity contribution in [2.45, 2.75) is 6.18 Å². The minimum atomic E-state index is -4.55. The zero-order chi connectivity index (χ0) is 24.3. The first kappa shape index (κ1) is 22.6. The fourth-order valence-corrected chi connectivity index (χ4v) is 3.17. The third kappa shape index (κ3) is 4.77. The van der Waals surface area contributed by atoms with Crippen LogP contribution in [0.2, 0.25) is 0 Å². The summed E-state index contributed by atoms with van der Waals surface area (Å²) >= 11 is 0. The highest BCUT2D eigenvalue weighted by molar-refractivity contribution is 5.87. The fourth-order valence-electron chi connectivity index (χ4n) is 3.17. The van der Waals surface area contributed by atoms with Gasteiger partial charge in [0.25, 0.3) is 0 Å². The van der Waals surface area contributed by atoms with Crippen LogP contribution in [0.15, 0.2) is 84.1 Å². The Morgan fingerprint density at radius 1 is 1.03 bits per heavy atom. The number of alkyl halides is 3. The van der Waals surface area contributed by atoms with Gasteiger partial charge < -0.3 is 10.7 Å². The number of hydrogen-bond acceptors (Lipinski definition) is 5. The quantitative estimate of drug-likeness (QED) is 0.318. The molecule has 34 heavy (non-hydrogen) atoms. The van der Waals surface area contributed by atoms with Gasteiger partial charge in [0, 0.05) is 42.6 Å². The van der Waals surface area contributed by atoms with Gasteiger partial charge in [0.05, 0.1) is 16.9 Å². The third-order valence-corrected chi connectivity index (χ3v) is 4.73. The molecule has 0 aliphatic rings. The predicted octanol–water partition coefficient (Wildman–Crippen LogP) is 4.68. The molecule has 7 nitrogen and oxygen atoms in total. The summed E-state index contributed by atoms with van der Waals surface area (Å²) < 4.78 is 56.6. The fraction of sp³-hybridized carbons (Fsp3) is 0.0435. The molecule has 2 aromatic carbocycles. The number of nitrogens with one attached hydrogen (secondary N) is 2. The highest BCUT2D eigenvalue weighted by atomic mass is 19.4. The number of anilines is 1.